The molecule has 5 atom stereocenters. The summed E-state index contributed by atoms with van der Waals surface area (Å²) in [6.45, 7) is 1.38. The van der Waals surface area contributed by atoms with Gasteiger partial charge in [0.1, 0.15) is 24.4 Å². The first kappa shape index (κ1) is 17.7. The molecule has 0 saturated carbocycles. The van der Waals surface area contributed by atoms with Crippen LogP contribution in [0.15, 0.2) is 24.3 Å². The molecule has 1 heterocycles. The number of hydrogen-bond donors (Lipinski definition) is 4. The zero-order valence-electron chi connectivity index (χ0n) is 13.0. The van der Waals surface area contributed by atoms with Crippen LogP contribution in [0.25, 0.3) is 6.08 Å². The zero-order chi connectivity index (χ0) is 17.0. The lowest BCUT2D eigenvalue weighted by molar-refractivity contribution is -0.277. The summed E-state index contributed by atoms with van der Waals surface area (Å²) in [4.78, 5) is 0. The van der Waals surface area contributed by atoms with Crippen LogP contribution < -0.4 is 9.47 Å². The third kappa shape index (κ3) is 3.82. The third-order valence-electron chi connectivity index (χ3n) is 3.64. The van der Waals surface area contributed by atoms with E-state index in [2.05, 4.69) is 0 Å². The van der Waals surface area contributed by atoms with E-state index in [1.54, 1.807) is 18.2 Å². The van der Waals surface area contributed by atoms with Gasteiger partial charge in [-0.3, -0.25) is 0 Å². The first-order chi connectivity index (χ1) is 11.0. The van der Waals surface area contributed by atoms with Gasteiger partial charge in [0.15, 0.2) is 11.5 Å². The Balaban J connectivity index is 2.20. The van der Waals surface area contributed by atoms with E-state index in [9.17, 15) is 20.4 Å². The van der Waals surface area contributed by atoms with Crippen molar-refractivity contribution in [3.63, 3.8) is 0 Å². The van der Waals surface area contributed by atoms with E-state index in [4.69, 9.17) is 14.2 Å². The van der Waals surface area contributed by atoms with Crippen LogP contribution in [0.5, 0.6) is 11.5 Å². The fraction of sp³-hybridized carbons (Fsp3) is 0.500. The number of ether oxygens (including phenoxy) is 3. The van der Waals surface area contributed by atoms with Gasteiger partial charge >= 0.3 is 0 Å². The molecule has 1 aromatic carbocycles. The predicted octanol–water partition coefficient (Wildman–Crippen LogP) is -0.0930. The van der Waals surface area contributed by atoms with E-state index >= 15 is 0 Å². The Morgan fingerprint density at radius 2 is 1.87 bits per heavy atom. The second kappa shape index (κ2) is 7.76. The summed E-state index contributed by atoms with van der Waals surface area (Å²) in [7, 11) is 1.48. The molecule has 0 spiro atoms. The number of benzene rings is 1. The maximum atomic E-state index is 9.99. The van der Waals surface area contributed by atoms with Gasteiger partial charge in [-0.2, -0.15) is 0 Å². The summed E-state index contributed by atoms with van der Waals surface area (Å²) < 4.78 is 16.1. The van der Waals surface area contributed by atoms with Crippen molar-refractivity contribution in [3.05, 3.63) is 29.8 Å². The smallest absolute Gasteiger partial charge is 0.229 e. The van der Waals surface area contributed by atoms with Crippen LogP contribution in [0, 0.1) is 0 Å². The van der Waals surface area contributed by atoms with Gasteiger partial charge in [0.25, 0.3) is 0 Å². The van der Waals surface area contributed by atoms with Crippen LogP contribution in [-0.2, 0) is 4.74 Å². The minimum Gasteiger partial charge on any atom is -0.493 e. The van der Waals surface area contributed by atoms with Gasteiger partial charge in [-0.1, -0.05) is 18.2 Å². The van der Waals surface area contributed by atoms with Gasteiger partial charge in [-0.15, -0.1) is 0 Å². The molecule has 1 aliphatic rings. The van der Waals surface area contributed by atoms with E-state index in [1.807, 2.05) is 19.1 Å². The van der Waals surface area contributed by atoms with Gasteiger partial charge in [-0.05, 0) is 24.6 Å². The largest absolute Gasteiger partial charge is 0.493 e. The first-order valence-electron chi connectivity index (χ1n) is 7.29. The van der Waals surface area contributed by atoms with Gasteiger partial charge in [-0.25, -0.2) is 0 Å². The van der Waals surface area contributed by atoms with Crippen molar-refractivity contribution in [2.75, 3.05) is 13.7 Å². The lowest BCUT2D eigenvalue weighted by atomic mass is 9.99. The van der Waals surface area contributed by atoms with Gasteiger partial charge in [0.05, 0.1) is 13.7 Å². The standard InChI is InChI=1S/C16H22O7/c1-3-4-9-5-6-10(11(7-9)21-2)22-16-15(20)14(19)13(18)12(8-17)23-16/h3-7,12-20H,8H2,1-2H3/t12-,13-,14+,15-,16+/m1/s1. The molecule has 1 fully saturated rings. The molecule has 0 bridgehead atoms. The van der Waals surface area contributed by atoms with E-state index in [0.29, 0.717) is 11.5 Å². The topological polar surface area (TPSA) is 109 Å². The molecule has 0 unspecified atom stereocenters. The molecule has 128 valence electrons. The van der Waals surface area contributed by atoms with Crippen molar-refractivity contribution in [1.29, 1.82) is 0 Å². The molecule has 7 heteroatoms. The van der Waals surface area contributed by atoms with Gasteiger partial charge < -0.3 is 34.6 Å². The van der Waals surface area contributed by atoms with Crippen LogP contribution in [0.2, 0.25) is 0 Å². The molecule has 0 aromatic heterocycles. The first-order valence-corrected chi connectivity index (χ1v) is 7.29. The molecule has 2 rings (SSSR count). The fourth-order valence-electron chi connectivity index (χ4n) is 2.37. The summed E-state index contributed by atoms with van der Waals surface area (Å²) in [6, 6.07) is 5.19. The number of hydrogen-bond acceptors (Lipinski definition) is 7. The maximum Gasteiger partial charge on any atom is 0.229 e. The van der Waals surface area contributed by atoms with Crippen molar-refractivity contribution >= 4 is 6.08 Å². The molecular weight excluding hydrogens is 304 g/mol. The van der Waals surface area contributed by atoms with Gasteiger partial charge in [0.2, 0.25) is 6.29 Å². The highest BCUT2D eigenvalue weighted by molar-refractivity contribution is 5.55. The van der Waals surface area contributed by atoms with Crippen molar-refractivity contribution in [2.24, 2.45) is 0 Å². The van der Waals surface area contributed by atoms with E-state index < -0.39 is 37.3 Å². The maximum absolute atomic E-state index is 9.99. The van der Waals surface area contributed by atoms with Crippen molar-refractivity contribution in [2.45, 2.75) is 37.6 Å². The van der Waals surface area contributed by atoms with Crippen molar-refractivity contribution in [1.82, 2.24) is 0 Å². The number of allylic oxidation sites excluding steroid dienone is 1. The Labute approximate surface area is 134 Å². The van der Waals surface area contributed by atoms with E-state index in [-0.39, 0.29) is 0 Å². The highest BCUT2D eigenvalue weighted by atomic mass is 16.7. The molecule has 23 heavy (non-hydrogen) atoms. The molecule has 7 nitrogen and oxygen atoms in total. The fourth-order valence-corrected chi connectivity index (χ4v) is 2.37. The molecule has 0 amide bonds. The van der Waals surface area contributed by atoms with Crippen LogP contribution in [-0.4, -0.2) is 64.8 Å². The predicted molar refractivity (Wildman–Crippen MR) is 82.1 cm³/mol. The molecular formula is C16H22O7. The molecule has 1 saturated heterocycles. The average Bonchev–Trinajstić information content (AvgIpc) is 2.56. The normalized spacial score (nSPS) is 31.3. The van der Waals surface area contributed by atoms with Crippen LogP contribution in [0.4, 0.5) is 0 Å². The summed E-state index contributed by atoms with van der Waals surface area (Å²) in [5.41, 5.74) is 0.908. The third-order valence-corrected chi connectivity index (χ3v) is 3.64. The minimum atomic E-state index is -1.49. The molecule has 1 aromatic rings. The quantitative estimate of drug-likeness (QED) is 0.599. The van der Waals surface area contributed by atoms with E-state index in [0.717, 1.165) is 5.56 Å². The minimum absolute atomic E-state index is 0.310. The van der Waals surface area contributed by atoms with Crippen LogP contribution in [0.1, 0.15) is 12.5 Å². The second-order valence-electron chi connectivity index (χ2n) is 5.23. The summed E-state index contributed by atoms with van der Waals surface area (Å²) in [5.74, 6) is 0.739. The van der Waals surface area contributed by atoms with Crippen molar-refractivity contribution < 1.29 is 34.6 Å². The lowest BCUT2D eigenvalue weighted by Gasteiger charge is -2.39. The monoisotopic (exact) mass is 326 g/mol. The van der Waals surface area contributed by atoms with Crippen LogP contribution in [0.3, 0.4) is 0 Å². The number of aliphatic hydroxyl groups is 4. The molecule has 4 N–H and O–H groups in total. The summed E-state index contributed by atoms with van der Waals surface area (Å²) in [5, 5.41) is 38.7. The lowest BCUT2D eigenvalue weighted by Crippen LogP contribution is -2.60. The Morgan fingerprint density at radius 1 is 1.13 bits per heavy atom. The summed E-state index contributed by atoms with van der Waals surface area (Å²) in [6.07, 6.45) is -2.87. The zero-order valence-corrected chi connectivity index (χ0v) is 13.0. The Bertz CT molecular complexity index is 543. The number of rotatable bonds is 5. The Morgan fingerprint density at radius 3 is 2.48 bits per heavy atom. The Kier molecular flexibility index (Phi) is 5.97. The highest BCUT2D eigenvalue weighted by Gasteiger charge is 2.44. The van der Waals surface area contributed by atoms with Crippen LogP contribution >= 0.6 is 0 Å². The highest BCUT2D eigenvalue weighted by Crippen LogP contribution is 2.32. The second-order valence-corrected chi connectivity index (χ2v) is 5.23. The molecule has 0 radical (unpaired) electrons. The summed E-state index contributed by atoms with van der Waals surface area (Å²) >= 11 is 0. The SMILES string of the molecule is CC=Cc1ccc(O[C@H]2O[C@H](CO)[C@@H](O)[C@H](O)[C@H]2O)c(OC)c1. The number of aliphatic hydroxyl groups excluding tert-OH is 4. The van der Waals surface area contributed by atoms with Crippen molar-refractivity contribution in [3.8, 4) is 11.5 Å². The molecule has 0 aliphatic carbocycles. The van der Waals surface area contributed by atoms with Gasteiger partial charge in [0, 0.05) is 0 Å². The van der Waals surface area contributed by atoms with E-state index in [1.165, 1.54) is 7.11 Å². The Hall–Kier alpha value is -1.64. The molecule has 1 aliphatic heterocycles. The average molecular weight is 326 g/mol. The number of methoxy groups -OCH3 is 1.